The van der Waals surface area contributed by atoms with Gasteiger partial charge in [0, 0.05) is 6.20 Å². The minimum atomic E-state index is -0.561. The second-order valence-electron chi connectivity index (χ2n) is 7.23. The molecule has 5 heteroatoms. The molecule has 146 valence electrons. The van der Waals surface area contributed by atoms with Gasteiger partial charge in [-0.25, -0.2) is 4.68 Å². The number of aliphatic hydroxyl groups excluding tert-OH is 2. The Labute approximate surface area is 153 Å². The lowest BCUT2D eigenvalue weighted by Crippen LogP contribution is -2.27. The van der Waals surface area contributed by atoms with Crippen LogP contribution in [0.2, 0.25) is 0 Å². The van der Waals surface area contributed by atoms with Crippen LogP contribution in [0, 0.1) is 0 Å². The summed E-state index contributed by atoms with van der Waals surface area (Å²) in [6.45, 7) is 4.29. The summed E-state index contributed by atoms with van der Waals surface area (Å²) in [5.74, 6) is 0. The fraction of sp³-hybridized carbons (Fsp3) is 0.900. The quantitative estimate of drug-likeness (QED) is 0.431. The number of aromatic nitrogens is 3. The topological polar surface area (TPSA) is 71.2 Å². The first-order valence-corrected chi connectivity index (χ1v) is 10.4. The third-order valence-corrected chi connectivity index (χ3v) is 4.92. The molecule has 2 atom stereocenters. The molecule has 0 saturated carbocycles. The molecule has 0 bridgehead atoms. The summed E-state index contributed by atoms with van der Waals surface area (Å²) in [4.78, 5) is 0. The van der Waals surface area contributed by atoms with Crippen LogP contribution < -0.4 is 0 Å². The zero-order valence-corrected chi connectivity index (χ0v) is 16.4. The summed E-state index contributed by atoms with van der Waals surface area (Å²) in [6.07, 6.45) is 16.6. The summed E-state index contributed by atoms with van der Waals surface area (Å²) in [6, 6.07) is -0.378. The first kappa shape index (κ1) is 22.1. The molecule has 0 unspecified atom stereocenters. The van der Waals surface area contributed by atoms with Gasteiger partial charge in [0.25, 0.3) is 0 Å². The van der Waals surface area contributed by atoms with Crippen LogP contribution in [0.3, 0.4) is 0 Å². The van der Waals surface area contributed by atoms with Crippen LogP contribution in [0.25, 0.3) is 0 Å². The highest BCUT2D eigenvalue weighted by Gasteiger charge is 2.21. The van der Waals surface area contributed by atoms with Crippen LogP contribution in [0.15, 0.2) is 6.20 Å². The van der Waals surface area contributed by atoms with E-state index in [2.05, 4.69) is 24.2 Å². The Bertz CT molecular complexity index is 423. The normalized spacial score (nSPS) is 13.9. The van der Waals surface area contributed by atoms with E-state index in [-0.39, 0.29) is 12.6 Å². The van der Waals surface area contributed by atoms with E-state index in [0.29, 0.717) is 6.42 Å². The van der Waals surface area contributed by atoms with Crippen molar-refractivity contribution in [1.29, 1.82) is 0 Å². The maximum Gasteiger partial charge on any atom is 0.103 e. The molecule has 0 aliphatic carbocycles. The molecular weight excluding hydrogens is 314 g/mol. The molecule has 0 radical (unpaired) electrons. The van der Waals surface area contributed by atoms with Crippen molar-refractivity contribution >= 4 is 0 Å². The predicted octanol–water partition coefficient (Wildman–Crippen LogP) is 4.44. The lowest BCUT2D eigenvalue weighted by Gasteiger charge is -2.20. The minimum Gasteiger partial charge on any atom is -0.394 e. The number of hydrogen-bond donors (Lipinski definition) is 2. The summed E-state index contributed by atoms with van der Waals surface area (Å²) in [5.41, 5.74) is 0.963. The van der Waals surface area contributed by atoms with Gasteiger partial charge in [-0.2, -0.15) is 0 Å². The number of aliphatic hydroxyl groups is 2. The van der Waals surface area contributed by atoms with Crippen molar-refractivity contribution in [1.82, 2.24) is 15.0 Å². The zero-order valence-electron chi connectivity index (χ0n) is 16.4. The van der Waals surface area contributed by atoms with Gasteiger partial charge in [0.05, 0.1) is 18.4 Å². The average molecular weight is 354 g/mol. The lowest BCUT2D eigenvalue weighted by molar-refractivity contribution is 0.0579. The monoisotopic (exact) mass is 353 g/mol. The first-order valence-electron chi connectivity index (χ1n) is 10.4. The third-order valence-electron chi connectivity index (χ3n) is 4.92. The predicted molar refractivity (Wildman–Crippen MR) is 103 cm³/mol. The number of nitrogens with zero attached hydrogens (tertiary/aromatic N) is 3. The Hall–Kier alpha value is -0.940. The van der Waals surface area contributed by atoms with Gasteiger partial charge in [-0.1, -0.05) is 83.3 Å². The van der Waals surface area contributed by atoms with E-state index in [1.165, 1.54) is 44.9 Å². The molecular formula is C20H39N3O2. The fourth-order valence-corrected chi connectivity index (χ4v) is 3.21. The molecule has 25 heavy (non-hydrogen) atoms. The Morgan fingerprint density at radius 1 is 0.920 bits per heavy atom. The van der Waals surface area contributed by atoms with E-state index < -0.39 is 6.10 Å². The van der Waals surface area contributed by atoms with Gasteiger partial charge < -0.3 is 10.2 Å². The van der Waals surface area contributed by atoms with Crippen LogP contribution in [0.1, 0.15) is 103 Å². The summed E-state index contributed by atoms with van der Waals surface area (Å²) >= 11 is 0. The van der Waals surface area contributed by atoms with Gasteiger partial charge in [0.2, 0.25) is 0 Å². The molecule has 0 aliphatic rings. The first-order chi connectivity index (χ1) is 12.2. The van der Waals surface area contributed by atoms with E-state index in [0.717, 1.165) is 37.8 Å². The highest BCUT2D eigenvalue weighted by Crippen LogP contribution is 2.17. The van der Waals surface area contributed by atoms with E-state index >= 15 is 0 Å². The van der Waals surface area contributed by atoms with Crippen LogP contribution in [-0.2, 0) is 6.42 Å². The second-order valence-corrected chi connectivity index (χ2v) is 7.23. The summed E-state index contributed by atoms with van der Waals surface area (Å²) in [5, 5.41) is 28.2. The average Bonchev–Trinajstić information content (AvgIpc) is 3.07. The van der Waals surface area contributed by atoms with Crippen molar-refractivity contribution in [2.24, 2.45) is 0 Å². The van der Waals surface area contributed by atoms with Gasteiger partial charge in [-0.15, -0.1) is 5.10 Å². The second kappa shape index (κ2) is 14.3. The molecule has 0 aliphatic heterocycles. The van der Waals surface area contributed by atoms with Crippen molar-refractivity contribution in [3.05, 3.63) is 11.9 Å². The highest BCUT2D eigenvalue weighted by atomic mass is 16.3. The molecule has 0 fully saturated rings. The summed E-state index contributed by atoms with van der Waals surface area (Å²) < 4.78 is 1.65. The van der Waals surface area contributed by atoms with Gasteiger partial charge in [-0.05, 0) is 19.3 Å². The molecule has 1 aromatic heterocycles. The molecule has 5 nitrogen and oxygen atoms in total. The maximum atomic E-state index is 10.3. The van der Waals surface area contributed by atoms with Gasteiger partial charge in [-0.3, -0.25) is 0 Å². The Morgan fingerprint density at radius 3 is 2.16 bits per heavy atom. The van der Waals surface area contributed by atoms with Gasteiger partial charge in [0.15, 0.2) is 0 Å². The molecule has 1 heterocycles. The standard InChI is InChI=1S/C20H39N3O2/c1-3-5-7-8-9-10-11-13-14-18-16-23(22-21-18)19(17-24)20(25)15-12-6-4-2/h16,19-20,24-25H,3-15,17H2,1-2H3/t19-,20+/m0/s1. The van der Waals surface area contributed by atoms with Gasteiger partial charge >= 0.3 is 0 Å². The smallest absolute Gasteiger partial charge is 0.103 e. The molecule has 1 rings (SSSR count). The zero-order chi connectivity index (χ0) is 18.3. The van der Waals surface area contributed by atoms with E-state index in [1.807, 2.05) is 6.20 Å². The van der Waals surface area contributed by atoms with Crippen molar-refractivity contribution in [3.8, 4) is 0 Å². The molecule has 0 spiro atoms. The largest absolute Gasteiger partial charge is 0.394 e. The van der Waals surface area contributed by atoms with Crippen LogP contribution in [0.5, 0.6) is 0 Å². The van der Waals surface area contributed by atoms with Crippen molar-refractivity contribution in [3.63, 3.8) is 0 Å². The molecule has 0 aromatic carbocycles. The molecule has 0 amide bonds. The number of rotatable bonds is 16. The summed E-state index contributed by atoms with van der Waals surface area (Å²) in [7, 11) is 0. The lowest BCUT2D eigenvalue weighted by atomic mass is 10.0. The van der Waals surface area contributed by atoms with Crippen LogP contribution in [-0.4, -0.2) is 37.9 Å². The Morgan fingerprint density at radius 2 is 1.52 bits per heavy atom. The fourth-order valence-electron chi connectivity index (χ4n) is 3.21. The Kier molecular flexibility index (Phi) is 12.6. The van der Waals surface area contributed by atoms with E-state index in [4.69, 9.17) is 0 Å². The minimum absolute atomic E-state index is 0.103. The van der Waals surface area contributed by atoms with Crippen LogP contribution in [0.4, 0.5) is 0 Å². The van der Waals surface area contributed by atoms with Crippen molar-refractivity contribution < 1.29 is 10.2 Å². The SMILES string of the molecule is CCCCCCCCCCc1cn([C@@H](CO)[C@H](O)CCCCC)nn1. The van der Waals surface area contributed by atoms with E-state index in [1.54, 1.807) is 4.68 Å². The van der Waals surface area contributed by atoms with Gasteiger partial charge in [0.1, 0.15) is 6.04 Å². The maximum absolute atomic E-state index is 10.3. The molecule has 0 saturated heterocycles. The number of unbranched alkanes of at least 4 members (excludes halogenated alkanes) is 9. The van der Waals surface area contributed by atoms with Crippen molar-refractivity contribution in [2.45, 2.75) is 109 Å². The van der Waals surface area contributed by atoms with Crippen LogP contribution >= 0.6 is 0 Å². The molecule has 2 N–H and O–H groups in total. The Balaban J connectivity index is 2.27. The number of aryl methyl sites for hydroxylation is 1. The van der Waals surface area contributed by atoms with Crippen molar-refractivity contribution in [2.75, 3.05) is 6.61 Å². The third kappa shape index (κ3) is 9.36. The molecule has 1 aromatic rings. The highest BCUT2D eigenvalue weighted by molar-refractivity contribution is 4.94. The number of hydrogen-bond acceptors (Lipinski definition) is 4. The van der Waals surface area contributed by atoms with E-state index in [9.17, 15) is 10.2 Å².